The molecule has 2 rings (SSSR count). The highest BCUT2D eigenvalue weighted by Gasteiger charge is 2.30. The first-order chi connectivity index (χ1) is 11.3. The number of alkyl halides is 3. The van der Waals surface area contributed by atoms with E-state index >= 15 is 0 Å². The summed E-state index contributed by atoms with van der Waals surface area (Å²) in [5, 5.41) is 0. The van der Waals surface area contributed by atoms with Crippen molar-refractivity contribution in [2.45, 2.75) is 12.7 Å². The Hall–Kier alpha value is -2.57. The first kappa shape index (κ1) is 17.8. The summed E-state index contributed by atoms with van der Waals surface area (Å²) < 4.78 is 55.6. The van der Waals surface area contributed by atoms with Crippen molar-refractivity contribution >= 4 is 5.91 Å². The van der Waals surface area contributed by atoms with Gasteiger partial charge in [0.15, 0.2) is 6.61 Å². The highest BCUT2D eigenvalue weighted by molar-refractivity contribution is 5.77. The third-order valence-corrected chi connectivity index (χ3v) is 3.28. The Balaban J connectivity index is 1.88. The van der Waals surface area contributed by atoms with Crippen molar-refractivity contribution in [3.05, 3.63) is 65.5 Å². The molecule has 0 fully saturated rings. The van der Waals surface area contributed by atoms with Crippen molar-refractivity contribution in [1.29, 1.82) is 0 Å². The van der Waals surface area contributed by atoms with Gasteiger partial charge in [-0.15, -0.1) is 0 Å². The summed E-state index contributed by atoms with van der Waals surface area (Å²) in [7, 11) is 1.53. The van der Waals surface area contributed by atoms with Crippen LogP contribution in [-0.4, -0.2) is 24.5 Å². The summed E-state index contributed by atoms with van der Waals surface area (Å²) in [6.07, 6.45) is -4.42. The molecule has 7 heteroatoms. The normalized spacial score (nSPS) is 11.2. The molecular formula is C17H15F4NO2. The van der Waals surface area contributed by atoms with Gasteiger partial charge in [-0.25, -0.2) is 4.39 Å². The van der Waals surface area contributed by atoms with Gasteiger partial charge in [0, 0.05) is 13.6 Å². The molecule has 0 spiro atoms. The zero-order valence-electron chi connectivity index (χ0n) is 12.8. The maximum Gasteiger partial charge on any atom is 0.416 e. The van der Waals surface area contributed by atoms with Crippen LogP contribution in [0.3, 0.4) is 0 Å². The summed E-state index contributed by atoms with van der Waals surface area (Å²) in [5.74, 6) is -0.607. The first-order valence-electron chi connectivity index (χ1n) is 7.04. The van der Waals surface area contributed by atoms with Crippen molar-refractivity contribution in [1.82, 2.24) is 4.90 Å². The zero-order chi connectivity index (χ0) is 17.7. The summed E-state index contributed by atoms with van der Waals surface area (Å²) in [5.41, 5.74) is -0.162. The van der Waals surface area contributed by atoms with Gasteiger partial charge in [-0.3, -0.25) is 4.79 Å². The van der Waals surface area contributed by atoms with Crippen molar-refractivity contribution in [2.24, 2.45) is 0 Å². The van der Waals surface area contributed by atoms with E-state index in [-0.39, 0.29) is 24.8 Å². The number of amides is 1. The van der Waals surface area contributed by atoms with E-state index < -0.39 is 17.6 Å². The van der Waals surface area contributed by atoms with Gasteiger partial charge in [0.2, 0.25) is 0 Å². The molecule has 0 aliphatic carbocycles. The van der Waals surface area contributed by atoms with Gasteiger partial charge in [-0.2, -0.15) is 13.2 Å². The van der Waals surface area contributed by atoms with E-state index in [1.807, 2.05) is 0 Å². The molecular weight excluding hydrogens is 326 g/mol. The quantitative estimate of drug-likeness (QED) is 0.773. The minimum absolute atomic E-state index is 0.163. The molecule has 0 aliphatic heterocycles. The fourth-order valence-electron chi connectivity index (χ4n) is 1.99. The second kappa shape index (κ2) is 7.33. The summed E-state index contributed by atoms with van der Waals surface area (Å²) >= 11 is 0. The number of carbonyl (C=O) groups excluding carboxylic acids is 1. The van der Waals surface area contributed by atoms with Crippen LogP contribution in [0.5, 0.6) is 5.75 Å². The molecule has 2 aromatic rings. The Morgan fingerprint density at radius 1 is 1.12 bits per heavy atom. The number of ether oxygens (including phenoxy) is 1. The topological polar surface area (TPSA) is 29.5 Å². The lowest BCUT2D eigenvalue weighted by Crippen LogP contribution is -2.31. The van der Waals surface area contributed by atoms with E-state index in [0.717, 1.165) is 24.3 Å². The lowest BCUT2D eigenvalue weighted by Gasteiger charge is -2.17. The minimum Gasteiger partial charge on any atom is -0.484 e. The molecule has 0 N–H and O–H groups in total. The molecule has 0 bridgehead atoms. The van der Waals surface area contributed by atoms with Crippen molar-refractivity contribution in [3.63, 3.8) is 0 Å². The highest BCUT2D eigenvalue weighted by atomic mass is 19.4. The van der Waals surface area contributed by atoms with Crippen LogP contribution in [0, 0.1) is 5.82 Å². The Morgan fingerprint density at radius 2 is 1.79 bits per heavy atom. The van der Waals surface area contributed by atoms with Gasteiger partial charge in [-0.05, 0) is 42.0 Å². The SMILES string of the molecule is CN(Cc1cccc(F)c1)C(=O)COc1ccc(C(F)(F)F)cc1. The van der Waals surface area contributed by atoms with E-state index in [2.05, 4.69) is 0 Å². The molecule has 0 saturated heterocycles. The standard InChI is InChI=1S/C17H15F4NO2/c1-22(10-12-3-2-4-14(18)9-12)16(23)11-24-15-7-5-13(6-8-15)17(19,20)21/h2-9H,10-11H2,1H3. The Bertz CT molecular complexity index is 698. The monoisotopic (exact) mass is 341 g/mol. The third kappa shape index (κ3) is 4.97. The van der Waals surface area contributed by atoms with Gasteiger partial charge in [0.05, 0.1) is 5.56 Å². The average Bonchev–Trinajstić information content (AvgIpc) is 2.52. The van der Waals surface area contributed by atoms with Crippen LogP contribution in [0.15, 0.2) is 48.5 Å². The summed E-state index contributed by atoms with van der Waals surface area (Å²) in [6, 6.07) is 9.93. The molecule has 0 atom stereocenters. The maximum absolute atomic E-state index is 13.1. The zero-order valence-corrected chi connectivity index (χ0v) is 12.8. The lowest BCUT2D eigenvalue weighted by atomic mass is 10.2. The van der Waals surface area contributed by atoms with Crippen LogP contribution in [0.1, 0.15) is 11.1 Å². The number of likely N-dealkylation sites (N-methyl/N-ethyl adjacent to an activating group) is 1. The second-order valence-electron chi connectivity index (χ2n) is 5.19. The number of carbonyl (C=O) groups is 1. The number of rotatable bonds is 5. The summed E-state index contributed by atoms with van der Waals surface area (Å²) in [6.45, 7) is -0.121. The largest absolute Gasteiger partial charge is 0.484 e. The number of benzene rings is 2. The predicted molar refractivity (Wildman–Crippen MR) is 79.8 cm³/mol. The average molecular weight is 341 g/mol. The number of hydrogen-bond acceptors (Lipinski definition) is 2. The molecule has 0 heterocycles. The van der Waals surface area contributed by atoms with Crippen LogP contribution in [-0.2, 0) is 17.5 Å². The highest BCUT2D eigenvalue weighted by Crippen LogP contribution is 2.30. The smallest absolute Gasteiger partial charge is 0.416 e. The fourth-order valence-corrected chi connectivity index (χ4v) is 1.99. The molecule has 2 aromatic carbocycles. The molecule has 128 valence electrons. The molecule has 1 amide bonds. The Kier molecular flexibility index (Phi) is 5.43. The third-order valence-electron chi connectivity index (χ3n) is 3.28. The minimum atomic E-state index is -4.42. The Morgan fingerprint density at radius 3 is 2.38 bits per heavy atom. The number of halogens is 4. The van der Waals surface area contributed by atoms with E-state index in [0.29, 0.717) is 5.56 Å². The molecule has 0 aliphatic rings. The molecule has 0 aromatic heterocycles. The van der Waals surface area contributed by atoms with E-state index in [4.69, 9.17) is 4.74 Å². The first-order valence-corrected chi connectivity index (χ1v) is 7.04. The maximum atomic E-state index is 13.1. The molecule has 0 unspecified atom stereocenters. The van der Waals surface area contributed by atoms with E-state index in [9.17, 15) is 22.4 Å². The van der Waals surface area contributed by atoms with Crippen molar-refractivity contribution in [3.8, 4) is 5.75 Å². The summed E-state index contributed by atoms with van der Waals surface area (Å²) in [4.78, 5) is 13.3. The number of hydrogen-bond donors (Lipinski definition) is 0. The van der Waals surface area contributed by atoms with Crippen LogP contribution in [0.4, 0.5) is 17.6 Å². The van der Waals surface area contributed by atoms with Gasteiger partial charge in [-0.1, -0.05) is 12.1 Å². The van der Waals surface area contributed by atoms with Gasteiger partial charge < -0.3 is 9.64 Å². The van der Waals surface area contributed by atoms with Gasteiger partial charge in [0.25, 0.3) is 5.91 Å². The van der Waals surface area contributed by atoms with Crippen LogP contribution < -0.4 is 4.74 Å². The molecule has 0 saturated carbocycles. The Labute approximate surface area is 136 Å². The second-order valence-corrected chi connectivity index (χ2v) is 5.19. The lowest BCUT2D eigenvalue weighted by molar-refractivity contribution is -0.137. The fraction of sp³-hybridized carbons (Fsp3) is 0.235. The molecule has 3 nitrogen and oxygen atoms in total. The predicted octanol–water partition coefficient (Wildman–Crippen LogP) is 3.88. The van der Waals surface area contributed by atoms with Crippen LogP contribution >= 0.6 is 0 Å². The van der Waals surface area contributed by atoms with Crippen LogP contribution in [0.2, 0.25) is 0 Å². The molecule has 24 heavy (non-hydrogen) atoms. The van der Waals surface area contributed by atoms with Crippen molar-refractivity contribution < 1.29 is 27.1 Å². The van der Waals surface area contributed by atoms with E-state index in [1.165, 1.54) is 24.1 Å². The van der Waals surface area contributed by atoms with Crippen molar-refractivity contribution in [2.75, 3.05) is 13.7 Å². The number of nitrogens with zero attached hydrogens (tertiary/aromatic N) is 1. The van der Waals surface area contributed by atoms with E-state index in [1.54, 1.807) is 12.1 Å². The van der Waals surface area contributed by atoms with Gasteiger partial charge >= 0.3 is 6.18 Å². The van der Waals surface area contributed by atoms with Crippen LogP contribution in [0.25, 0.3) is 0 Å². The molecule has 0 radical (unpaired) electrons. The van der Waals surface area contributed by atoms with Gasteiger partial charge in [0.1, 0.15) is 11.6 Å².